The van der Waals surface area contributed by atoms with Crippen LogP contribution in [0.4, 0.5) is 10.5 Å². The highest BCUT2D eigenvalue weighted by atomic mass is 16.6. The molecule has 0 atom stereocenters. The van der Waals surface area contributed by atoms with Crippen molar-refractivity contribution in [1.29, 1.82) is 0 Å². The van der Waals surface area contributed by atoms with Crippen molar-refractivity contribution in [2.24, 2.45) is 0 Å². The minimum Gasteiger partial charge on any atom is -0.444 e. The quantitative estimate of drug-likeness (QED) is 0.862. The summed E-state index contributed by atoms with van der Waals surface area (Å²) in [6, 6.07) is 7.28. The first-order valence-corrected chi connectivity index (χ1v) is 7.30. The molecule has 1 aromatic heterocycles. The van der Waals surface area contributed by atoms with E-state index in [1.54, 1.807) is 18.3 Å². The molecular weight excluding hydrogens is 292 g/mol. The smallest absolute Gasteiger partial charge is 0.412 e. The lowest BCUT2D eigenvalue weighted by Gasteiger charge is -2.20. The Hall–Kier alpha value is -2.69. The van der Waals surface area contributed by atoms with Crippen LogP contribution in [0, 0.1) is 6.92 Å². The van der Waals surface area contributed by atoms with E-state index in [4.69, 9.17) is 4.74 Å². The maximum absolute atomic E-state index is 11.8. The number of ether oxygens (including phenoxy) is 1. The predicted octanol–water partition coefficient (Wildman–Crippen LogP) is 4.22. The summed E-state index contributed by atoms with van der Waals surface area (Å²) in [5.41, 5.74) is 3.30. The van der Waals surface area contributed by atoms with Gasteiger partial charge in [0.15, 0.2) is 6.29 Å². The van der Waals surface area contributed by atoms with Gasteiger partial charge in [-0.25, -0.2) is 4.79 Å². The van der Waals surface area contributed by atoms with Gasteiger partial charge in [-0.3, -0.25) is 15.1 Å². The van der Waals surface area contributed by atoms with Crippen LogP contribution in [0.1, 0.15) is 36.7 Å². The number of nitrogens with one attached hydrogen (secondary N) is 1. The van der Waals surface area contributed by atoms with Gasteiger partial charge in [0.05, 0.1) is 0 Å². The summed E-state index contributed by atoms with van der Waals surface area (Å²) in [7, 11) is 0. The van der Waals surface area contributed by atoms with Gasteiger partial charge in [-0.15, -0.1) is 0 Å². The number of hydrogen-bond donors (Lipinski definition) is 1. The van der Waals surface area contributed by atoms with Gasteiger partial charge in [0.25, 0.3) is 0 Å². The van der Waals surface area contributed by atoms with Gasteiger partial charge in [0, 0.05) is 23.6 Å². The SMILES string of the molecule is Cc1cc(NC(=O)OC(C)(C)C)ccc1-c1ccncc1C=O. The van der Waals surface area contributed by atoms with E-state index in [9.17, 15) is 9.59 Å². The van der Waals surface area contributed by atoms with Gasteiger partial charge in [-0.1, -0.05) is 6.07 Å². The average molecular weight is 312 g/mol. The van der Waals surface area contributed by atoms with Gasteiger partial charge in [-0.2, -0.15) is 0 Å². The molecule has 0 saturated heterocycles. The van der Waals surface area contributed by atoms with E-state index >= 15 is 0 Å². The van der Waals surface area contributed by atoms with Gasteiger partial charge in [0.2, 0.25) is 0 Å². The summed E-state index contributed by atoms with van der Waals surface area (Å²) in [5, 5.41) is 2.70. The number of amides is 1. The Balaban J connectivity index is 2.25. The van der Waals surface area contributed by atoms with Crippen molar-refractivity contribution >= 4 is 18.1 Å². The third kappa shape index (κ3) is 4.39. The second kappa shape index (κ2) is 6.60. The Labute approximate surface area is 135 Å². The van der Waals surface area contributed by atoms with Crippen LogP contribution >= 0.6 is 0 Å². The fraction of sp³-hybridized carbons (Fsp3) is 0.278. The van der Waals surface area contributed by atoms with Crippen molar-refractivity contribution in [3.63, 3.8) is 0 Å². The minimum atomic E-state index is -0.547. The Morgan fingerprint density at radius 3 is 2.57 bits per heavy atom. The normalized spacial score (nSPS) is 11.0. The third-order valence-corrected chi connectivity index (χ3v) is 3.14. The van der Waals surface area contributed by atoms with Crippen LogP contribution in [0.25, 0.3) is 11.1 Å². The maximum Gasteiger partial charge on any atom is 0.412 e. The first-order valence-electron chi connectivity index (χ1n) is 7.30. The van der Waals surface area contributed by atoms with E-state index in [2.05, 4.69) is 10.3 Å². The molecule has 0 fully saturated rings. The highest BCUT2D eigenvalue weighted by Gasteiger charge is 2.16. The van der Waals surface area contributed by atoms with E-state index in [0.717, 1.165) is 23.0 Å². The van der Waals surface area contributed by atoms with Gasteiger partial charge in [-0.05, 0) is 62.6 Å². The van der Waals surface area contributed by atoms with Crippen molar-refractivity contribution in [1.82, 2.24) is 4.98 Å². The van der Waals surface area contributed by atoms with Crippen LogP contribution in [0.3, 0.4) is 0 Å². The molecule has 0 radical (unpaired) electrons. The summed E-state index contributed by atoms with van der Waals surface area (Å²) in [6.07, 6.45) is 3.47. The first-order chi connectivity index (χ1) is 10.8. The topological polar surface area (TPSA) is 68.3 Å². The lowest BCUT2D eigenvalue weighted by atomic mass is 9.97. The number of rotatable bonds is 3. The molecule has 2 rings (SSSR count). The minimum absolute atomic E-state index is 0.498. The van der Waals surface area contributed by atoms with Crippen LogP contribution in [-0.4, -0.2) is 23.0 Å². The summed E-state index contributed by atoms with van der Waals surface area (Å²) in [5.74, 6) is 0. The zero-order valence-corrected chi connectivity index (χ0v) is 13.7. The van der Waals surface area contributed by atoms with Crippen LogP contribution in [0.2, 0.25) is 0 Å². The van der Waals surface area contributed by atoms with Crippen LogP contribution in [-0.2, 0) is 4.74 Å². The van der Waals surface area contributed by atoms with Crippen LogP contribution in [0.15, 0.2) is 36.7 Å². The molecule has 1 heterocycles. The molecule has 0 unspecified atom stereocenters. The van der Waals surface area contributed by atoms with E-state index in [0.29, 0.717) is 11.3 Å². The summed E-state index contributed by atoms with van der Waals surface area (Å²) in [4.78, 5) is 26.9. The van der Waals surface area contributed by atoms with Crippen molar-refractivity contribution < 1.29 is 14.3 Å². The molecular formula is C18H20N2O3. The monoisotopic (exact) mass is 312 g/mol. The van der Waals surface area contributed by atoms with E-state index in [-0.39, 0.29) is 0 Å². The molecule has 0 aliphatic carbocycles. The highest BCUT2D eigenvalue weighted by Crippen LogP contribution is 2.28. The predicted molar refractivity (Wildman–Crippen MR) is 89.7 cm³/mol. The summed E-state index contributed by atoms with van der Waals surface area (Å²) in [6.45, 7) is 7.35. The Bertz CT molecular complexity index is 733. The molecule has 1 amide bonds. The number of anilines is 1. The van der Waals surface area contributed by atoms with Crippen molar-refractivity contribution in [2.75, 3.05) is 5.32 Å². The summed E-state index contributed by atoms with van der Waals surface area (Å²) >= 11 is 0. The molecule has 5 nitrogen and oxygen atoms in total. The molecule has 5 heteroatoms. The highest BCUT2D eigenvalue weighted by molar-refractivity contribution is 5.89. The molecule has 1 N–H and O–H groups in total. The zero-order chi connectivity index (χ0) is 17.0. The van der Waals surface area contributed by atoms with Crippen molar-refractivity contribution in [3.8, 4) is 11.1 Å². The molecule has 0 saturated carbocycles. The fourth-order valence-electron chi connectivity index (χ4n) is 2.21. The molecule has 0 aliphatic heterocycles. The molecule has 120 valence electrons. The largest absolute Gasteiger partial charge is 0.444 e. The summed E-state index contributed by atoms with van der Waals surface area (Å²) < 4.78 is 5.23. The fourth-order valence-corrected chi connectivity index (χ4v) is 2.21. The van der Waals surface area contributed by atoms with E-state index in [1.165, 1.54) is 6.20 Å². The average Bonchev–Trinajstić information content (AvgIpc) is 2.45. The van der Waals surface area contributed by atoms with Crippen LogP contribution < -0.4 is 5.32 Å². The number of carbonyl (C=O) groups excluding carboxylic acids is 2. The number of aryl methyl sites for hydroxylation is 1. The van der Waals surface area contributed by atoms with Gasteiger partial charge < -0.3 is 4.74 Å². The molecule has 23 heavy (non-hydrogen) atoms. The Kier molecular flexibility index (Phi) is 4.79. The van der Waals surface area contributed by atoms with E-state index < -0.39 is 11.7 Å². The Morgan fingerprint density at radius 2 is 1.96 bits per heavy atom. The number of pyridine rings is 1. The Morgan fingerprint density at radius 1 is 1.22 bits per heavy atom. The van der Waals surface area contributed by atoms with Crippen LogP contribution in [0.5, 0.6) is 0 Å². The number of nitrogens with zero attached hydrogens (tertiary/aromatic N) is 1. The molecule has 2 aromatic rings. The number of benzene rings is 1. The molecule has 0 aliphatic rings. The van der Waals surface area contributed by atoms with Crippen molar-refractivity contribution in [3.05, 3.63) is 47.8 Å². The lowest BCUT2D eigenvalue weighted by Crippen LogP contribution is -2.27. The van der Waals surface area contributed by atoms with Gasteiger partial charge in [0.1, 0.15) is 5.60 Å². The standard InChI is InChI=1S/C18H20N2O3/c1-12-9-14(20-17(22)23-18(2,3)4)5-6-15(12)16-7-8-19-10-13(16)11-21/h5-11H,1-4H3,(H,20,22). The first kappa shape index (κ1) is 16.7. The van der Waals surface area contributed by atoms with Crippen molar-refractivity contribution in [2.45, 2.75) is 33.3 Å². The number of aldehydes is 1. The lowest BCUT2D eigenvalue weighted by molar-refractivity contribution is 0.0636. The molecule has 0 bridgehead atoms. The van der Waals surface area contributed by atoms with Gasteiger partial charge >= 0.3 is 6.09 Å². The zero-order valence-electron chi connectivity index (χ0n) is 13.7. The number of hydrogen-bond acceptors (Lipinski definition) is 4. The molecule has 0 spiro atoms. The maximum atomic E-state index is 11.8. The molecule has 1 aromatic carbocycles. The second-order valence-electron chi connectivity index (χ2n) is 6.24. The number of carbonyl (C=O) groups is 2. The van der Waals surface area contributed by atoms with E-state index in [1.807, 2.05) is 39.8 Å². The second-order valence-corrected chi connectivity index (χ2v) is 6.24. The third-order valence-electron chi connectivity index (χ3n) is 3.14. The number of aromatic nitrogens is 1.